The van der Waals surface area contributed by atoms with Gasteiger partial charge in [-0.15, -0.1) is 0 Å². The molecular weight excluding hydrogens is 178 g/mol. The summed E-state index contributed by atoms with van der Waals surface area (Å²) in [5.41, 5.74) is 0. The van der Waals surface area contributed by atoms with Crippen LogP contribution in [0.4, 0.5) is 0 Å². The Morgan fingerprint density at radius 3 is 2.50 bits per heavy atom. The number of carboxylic acid groups (broad SMARTS) is 1. The predicted octanol–water partition coefficient (Wildman–Crippen LogP) is 1.97. The molecule has 3 nitrogen and oxygen atoms in total. The highest BCUT2D eigenvalue weighted by Gasteiger charge is 2.27. The van der Waals surface area contributed by atoms with Gasteiger partial charge in [0.15, 0.2) is 0 Å². The van der Waals surface area contributed by atoms with E-state index >= 15 is 0 Å². The molecule has 0 aromatic heterocycles. The lowest BCUT2D eigenvalue weighted by Crippen LogP contribution is -2.45. The van der Waals surface area contributed by atoms with Gasteiger partial charge < -0.3 is 5.11 Å². The molecule has 1 N–H and O–H groups in total. The summed E-state index contributed by atoms with van der Waals surface area (Å²) >= 11 is 0. The second-order valence-corrected chi connectivity index (χ2v) is 4.36. The Morgan fingerprint density at radius 1 is 1.50 bits per heavy atom. The van der Waals surface area contributed by atoms with Gasteiger partial charge in [0.2, 0.25) is 0 Å². The smallest absolute Gasteiger partial charge is 0.320 e. The van der Waals surface area contributed by atoms with Crippen LogP contribution in [-0.2, 0) is 4.79 Å². The van der Waals surface area contributed by atoms with Crippen LogP contribution in [0.3, 0.4) is 0 Å². The normalized spacial score (nSPS) is 22.1. The lowest BCUT2D eigenvalue weighted by atomic mass is 9.97. The molecule has 1 heterocycles. The molecule has 1 rings (SSSR count). The third-order valence-corrected chi connectivity index (χ3v) is 3.11. The lowest BCUT2D eigenvalue weighted by molar-refractivity contribution is -0.144. The number of nitrogens with zero attached hydrogens (tertiary/aromatic N) is 1. The van der Waals surface area contributed by atoms with E-state index in [0.29, 0.717) is 0 Å². The molecule has 0 amide bonds. The number of rotatable bonds is 4. The average molecular weight is 199 g/mol. The van der Waals surface area contributed by atoms with E-state index in [1.807, 2.05) is 6.92 Å². The molecule has 0 aromatic rings. The number of hydrogen-bond acceptors (Lipinski definition) is 2. The maximum Gasteiger partial charge on any atom is 0.320 e. The van der Waals surface area contributed by atoms with Crippen LogP contribution >= 0.6 is 0 Å². The largest absolute Gasteiger partial charge is 0.480 e. The summed E-state index contributed by atoms with van der Waals surface area (Å²) < 4.78 is 0. The van der Waals surface area contributed by atoms with Crippen LogP contribution in [0.1, 0.15) is 39.5 Å². The van der Waals surface area contributed by atoms with Crippen molar-refractivity contribution in [3.8, 4) is 0 Å². The van der Waals surface area contributed by atoms with Crippen molar-refractivity contribution in [2.75, 3.05) is 13.1 Å². The van der Waals surface area contributed by atoms with E-state index in [9.17, 15) is 4.79 Å². The first kappa shape index (κ1) is 11.5. The summed E-state index contributed by atoms with van der Waals surface area (Å²) in [5, 5.41) is 9.08. The number of carboxylic acids is 1. The highest BCUT2D eigenvalue weighted by Crippen LogP contribution is 2.19. The van der Waals surface area contributed by atoms with E-state index in [2.05, 4.69) is 11.8 Å². The minimum Gasteiger partial charge on any atom is -0.480 e. The first-order valence-corrected chi connectivity index (χ1v) is 5.62. The second-order valence-electron chi connectivity index (χ2n) is 4.36. The summed E-state index contributed by atoms with van der Waals surface area (Å²) in [7, 11) is 0. The average Bonchev–Trinajstić information content (AvgIpc) is 2.15. The zero-order valence-corrected chi connectivity index (χ0v) is 9.20. The molecule has 1 saturated heterocycles. The minimum absolute atomic E-state index is 0.243. The van der Waals surface area contributed by atoms with Gasteiger partial charge in [-0.2, -0.15) is 0 Å². The number of aliphatic carboxylic acids is 1. The van der Waals surface area contributed by atoms with Crippen molar-refractivity contribution >= 4 is 5.97 Å². The van der Waals surface area contributed by atoms with Crippen LogP contribution in [0.2, 0.25) is 0 Å². The van der Waals surface area contributed by atoms with Crippen LogP contribution in [0.25, 0.3) is 0 Å². The van der Waals surface area contributed by atoms with Gasteiger partial charge in [0, 0.05) is 0 Å². The summed E-state index contributed by atoms with van der Waals surface area (Å²) in [6.45, 7) is 6.20. The highest BCUT2D eigenvalue weighted by atomic mass is 16.4. The number of hydrogen-bond donors (Lipinski definition) is 1. The number of piperidine rings is 1. The maximum absolute atomic E-state index is 11.0. The molecule has 1 aliphatic heterocycles. The van der Waals surface area contributed by atoms with Crippen molar-refractivity contribution in [3.63, 3.8) is 0 Å². The van der Waals surface area contributed by atoms with Gasteiger partial charge >= 0.3 is 5.97 Å². The van der Waals surface area contributed by atoms with E-state index in [1.54, 1.807) is 0 Å². The van der Waals surface area contributed by atoms with Crippen LogP contribution in [0, 0.1) is 5.92 Å². The molecule has 0 aromatic carbocycles. The predicted molar refractivity (Wildman–Crippen MR) is 56.3 cm³/mol. The fourth-order valence-corrected chi connectivity index (χ4v) is 2.08. The highest BCUT2D eigenvalue weighted by molar-refractivity contribution is 5.73. The first-order chi connectivity index (χ1) is 6.65. The fourth-order valence-electron chi connectivity index (χ4n) is 2.08. The summed E-state index contributed by atoms with van der Waals surface area (Å²) in [6, 6.07) is -0.243. The van der Waals surface area contributed by atoms with Gasteiger partial charge in [0.05, 0.1) is 0 Å². The van der Waals surface area contributed by atoms with Crippen LogP contribution in [0.15, 0.2) is 0 Å². The van der Waals surface area contributed by atoms with E-state index in [0.717, 1.165) is 44.7 Å². The Labute approximate surface area is 86.1 Å². The van der Waals surface area contributed by atoms with Crippen molar-refractivity contribution in [3.05, 3.63) is 0 Å². The maximum atomic E-state index is 11.0. The Kier molecular flexibility index (Phi) is 4.39. The molecule has 1 aliphatic rings. The van der Waals surface area contributed by atoms with Crippen LogP contribution in [-0.4, -0.2) is 35.1 Å². The molecule has 0 spiro atoms. The third kappa shape index (κ3) is 2.98. The molecule has 0 radical (unpaired) electrons. The molecule has 3 heteroatoms. The summed E-state index contributed by atoms with van der Waals surface area (Å²) in [6.07, 6.45) is 4.02. The van der Waals surface area contributed by atoms with Gasteiger partial charge in [0.25, 0.3) is 0 Å². The van der Waals surface area contributed by atoms with Gasteiger partial charge in [0.1, 0.15) is 6.04 Å². The first-order valence-electron chi connectivity index (χ1n) is 5.62. The minimum atomic E-state index is -0.651. The monoisotopic (exact) mass is 199 g/mol. The van der Waals surface area contributed by atoms with Crippen molar-refractivity contribution in [2.45, 2.75) is 45.6 Å². The molecule has 1 unspecified atom stereocenters. The molecular formula is C11H21NO2. The molecule has 1 atom stereocenters. The number of carbonyl (C=O) groups is 1. The van der Waals surface area contributed by atoms with Gasteiger partial charge in [-0.3, -0.25) is 9.69 Å². The Balaban J connectivity index is 2.47. The summed E-state index contributed by atoms with van der Waals surface area (Å²) in [4.78, 5) is 13.2. The van der Waals surface area contributed by atoms with Crippen molar-refractivity contribution < 1.29 is 9.90 Å². The van der Waals surface area contributed by atoms with Crippen molar-refractivity contribution in [1.82, 2.24) is 4.90 Å². The van der Waals surface area contributed by atoms with Crippen molar-refractivity contribution in [2.24, 2.45) is 5.92 Å². The molecule has 82 valence electrons. The van der Waals surface area contributed by atoms with E-state index in [1.165, 1.54) is 0 Å². The van der Waals surface area contributed by atoms with Crippen LogP contribution in [0.5, 0.6) is 0 Å². The van der Waals surface area contributed by atoms with Gasteiger partial charge in [-0.25, -0.2) is 0 Å². The van der Waals surface area contributed by atoms with Gasteiger partial charge in [-0.1, -0.05) is 20.3 Å². The second kappa shape index (κ2) is 5.35. The Bertz CT molecular complexity index is 186. The summed E-state index contributed by atoms with van der Waals surface area (Å²) in [5.74, 6) is 0.115. The molecule has 0 bridgehead atoms. The third-order valence-electron chi connectivity index (χ3n) is 3.11. The van der Waals surface area contributed by atoms with E-state index < -0.39 is 5.97 Å². The zero-order valence-electron chi connectivity index (χ0n) is 9.20. The van der Waals surface area contributed by atoms with E-state index in [4.69, 9.17) is 5.11 Å². The lowest BCUT2D eigenvalue weighted by Gasteiger charge is -2.34. The zero-order chi connectivity index (χ0) is 10.6. The van der Waals surface area contributed by atoms with Crippen LogP contribution < -0.4 is 0 Å². The molecule has 0 aliphatic carbocycles. The molecule has 0 saturated carbocycles. The fraction of sp³-hybridized carbons (Fsp3) is 0.909. The SMILES string of the molecule is CCCC(C(=O)O)N1CCC(C)CC1. The Hall–Kier alpha value is -0.570. The quantitative estimate of drug-likeness (QED) is 0.752. The molecule has 1 fully saturated rings. The van der Waals surface area contributed by atoms with Crippen molar-refractivity contribution in [1.29, 1.82) is 0 Å². The standard InChI is InChI=1S/C11H21NO2/c1-3-4-10(11(13)14)12-7-5-9(2)6-8-12/h9-10H,3-8H2,1-2H3,(H,13,14). The van der Waals surface area contributed by atoms with Gasteiger partial charge in [-0.05, 0) is 38.3 Å². The molecule has 14 heavy (non-hydrogen) atoms. The topological polar surface area (TPSA) is 40.5 Å². The Morgan fingerprint density at radius 2 is 2.07 bits per heavy atom. The number of likely N-dealkylation sites (tertiary alicyclic amines) is 1. The van der Waals surface area contributed by atoms with E-state index in [-0.39, 0.29) is 6.04 Å².